The van der Waals surface area contributed by atoms with Crippen molar-refractivity contribution in [3.63, 3.8) is 0 Å². The number of fused-ring (bicyclic) bond motifs is 1. The molecule has 0 radical (unpaired) electrons. The van der Waals surface area contributed by atoms with Gasteiger partial charge in [0, 0.05) is 11.1 Å². The average Bonchev–Trinajstić information content (AvgIpc) is 2.91. The summed E-state index contributed by atoms with van der Waals surface area (Å²) in [4.78, 5) is 9.80. The van der Waals surface area contributed by atoms with E-state index in [1.807, 2.05) is 28.8 Å². The number of hydrogen-bond donors (Lipinski definition) is 1. The van der Waals surface area contributed by atoms with Crippen LogP contribution in [0.4, 0.5) is 5.95 Å². The van der Waals surface area contributed by atoms with E-state index in [4.69, 9.17) is 17.3 Å². The third-order valence-electron chi connectivity index (χ3n) is 2.87. The lowest BCUT2D eigenvalue weighted by Crippen LogP contribution is -2.09. The third-order valence-corrected chi connectivity index (χ3v) is 4.27. The van der Waals surface area contributed by atoms with E-state index in [0.29, 0.717) is 5.95 Å². The summed E-state index contributed by atoms with van der Waals surface area (Å²) in [6, 6.07) is 7.73. The number of imidazole rings is 1. The fraction of sp³-hybridized carbons (Fsp3) is 0.167. The van der Waals surface area contributed by atoms with Crippen LogP contribution in [0.25, 0.3) is 11.2 Å². The lowest BCUT2D eigenvalue weighted by atomic mass is 10.2. The van der Waals surface area contributed by atoms with Crippen molar-refractivity contribution in [3.05, 3.63) is 39.7 Å². The number of nitrogen functional groups attached to an aromatic ring is 1. The number of rotatable bonds is 2. The van der Waals surface area contributed by atoms with Crippen LogP contribution in [0.15, 0.2) is 30.5 Å². The van der Waals surface area contributed by atoms with Crippen LogP contribution in [0.2, 0.25) is 4.34 Å². The summed E-state index contributed by atoms with van der Waals surface area (Å²) in [6.45, 7) is 2.06. The van der Waals surface area contributed by atoms with E-state index in [-0.39, 0.29) is 6.04 Å². The SMILES string of the molecule is CC(c1ccc(Cl)s1)n1c(N)nc2cccnc21. The Morgan fingerprint density at radius 2 is 2.22 bits per heavy atom. The Labute approximate surface area is 113 Å². The lowest BCUT2D eigenvalue weighted by molar-refractivity contribution is 0.674. The molecular formula is C12H11ClN4S. The minimum absolute atomic E-state index is 0.0717. The molecule has 6 heteroatoms. The second kappa shape index (κ2) is 4.26. The van der Waals surface area contributed by atoms with Crippen LogP contribution >= 0.6 is 22.9 Å². The van der Waals surface area contributed by atoms with Crippen LogP contribution in [0.5, 0.6) is 0 Å². The van der Waals surface area contributed by atoms with Gasteiger partial charge < -0.3 is 5.73 Å². The Bertz CT molecular complexity index is 703. The zero-order valence-corrected chi connectivity index (χ0v) is 11.2. The van der Waals surface area contributed by atoms with Gasteiger partial charge in [-0.15, -0.1) is 11.3 Å². The van der Waals surface area contributed by atoms with Gasteiger partial charge in [-0.25, -0.2) is 9.97 Å². The molecule has 4 nitrogen and oxygen atoms in total. The molecule has 0 aromatic carbocycles. The topological polar surface area (TPSA) is 56.7 Å². The van der Waals surface area contributed by atoms with Gasteiger partial charge in [-0.1, -0.05) is 11.6 Å². The van der Waals surface area contributed by atoms with Crippen molar-refractivity contribution in [1.29, 1.82) is 0 Å². The molecule has 0 aliphatic heterocycles. The number of pyridine rings is 1. The van der Waals surface area contributed by atoms with E-state index < -0.39 is 0 Å². The molecule has 2 N–H and O–H groups in total. The van der Waals surface area contributed by atoms with Crippen molar-refractivity contribution < 1.29 is 0 Å². The van der Waals surface area contributed by atoms with E-state index in [2.05, 4.69) is 16.9 Å². The maximum atomic E-state index is 5.98. The molecule has 0 fully saturated rings. The van der Waals surface area contributed by atoms with Crippen molar-refractivity contribution >= 4 is 40.0 Å². The molecule has 92 valence electrons. The van der Waals surface area contributed by atoms with Gasteiger partial charge in [0.05, 0.1) is 10.4 Å². The van der Waals surface area contributed by atoms with E-state index in [1.54, 1.807) is 17.5 Å². The molecule has 0 aliphatic carbocycles. The monoisotopic (exact) mass is 278 g/mol. The molecule has 0 amide bonds. The Morgan fingerprint density at radius 3 is 2.94 bits per heavy atom. The molecule has 0 aliphatic rings. The summed E-state index contributed by atoms with van der Waals surface area (Å²) in [5.41, 5.74) is 7.59. The van der Waals surface area contributed by atoms with Crippen molar-refractivity contribution in [3.8, 4) is 0 Å². The van der Waals surface area contributed by atoms with Gasteiger partial charge in [0.2, 0.25) is 5.95 Å². The highest BCUT2D eigenvalue weighted by Gasteiger charge is 2.17. The molecule has 3 aromatic rings. The first kappa shape index (κ1) is 11.5. The maximum Gasteiger partial charge on any atom is 0.203 e. The van der Waals surface area contributed by atoms with Gasteiger partial charge in [0.25, 0.3) is 0 Å². The summed E-state index contributed by atoms with van der Waals surface area (Å²) in [5.74, 6) is 0.473. The van der Waals surface area contributed by atoms with Crippen LogP contribution in [-0.4, -0.2) is 14.5 Å². The zero-order valence-electron chi connectivity index (χ0n) is 9.67. The minimum atomic E-state index is 0.0717. The Balaban J connectivity index is 2.16. The van der Waals surface area contributed by atoms with Crippen LogP contribution in [0, 0.1) is 0 Å². The van der Waals surface area contributed by atoms with Gasteiger partial charge >= 0.3 is 0 Å². The van der Waals surface area contributed by atoms with Crippen molar-refractivity contribution in [1.82, 2.24) is 14.5 Å². The Kier molecular flexibility index (Phi) is 2.72. The smallest absolute Gasteiger partial charge is 0.203 e. The van der Waals surface area contributed by atoms with Crippen LogP contribution in [-0.2, 0) is 0 Å². The number of aromatic nitrogens is 3. The number of anilines is 1. The average molecular weight is 279 g/mol. The molecule has 0 saturated heterocycles. The predicted molar refractivity (Wildman–Crippen MR) is 75.1 cm³/mol. The number of thiophene rings is 1. The number of nitrogens with zero attached hydrogens (tertiary/aromatic N) is 3. The zero-order chi connectivity index (χ0) is 12.7. The van der Waals surface area contributed by atoms with Gasteiger partial charge in [-0.2, -0.15) is 0 Å². The van der Waals surface area contributed by atoms with Crippen LogP contribution < -0.4 is 5.73 Å². The number of nitrogens with two attached hydrogens (primary N) is 1. The summed E-state index contributed by atoms with van der Waals surface area (Å²) >= 11 is 7.52. The highest BCUT2D eigenvalue weighted by Crippen LogP contribution is 2.32. The van der Waals surface area contributed by atoms with E-state index in [0.717, 1.165) is 20.4 Å². The predicted octanol–water partition coefficient (Wildman–Crippen LogP) is 3.34. The Morgan fingerprint density at radius 1 is 1.39 bits per heavy atom. The first-order chi connectivity index (χ1) is 8.66. The molecule has 3 rings (SSSR count). The van der Waals surface area contributed by atoms with Gasteiger partial charge in [0.15, 0.2) is 5.65 Å². The molecule has 3 heterocycles. The summed E-state index contributed by atoms with van der Waals surface area (Å²) < 4.78 is 2.70. The quantitative estimate of drug-likeness (QED) is 0.782. The number of hydrogen-bond acceptors (Lipinski definition) is 4. The third kappa shape index (κ3) is 1.76. The summed E-state index contributed by atoms with van der Waals surface area (Å²) in [6.07, 6.45) is 1.74. The van der Waals surface area contributed by atoms with Crippen molar-refractivity contribution in [2.45, 2.75) is 13.0 Å². The van der Waals surface area contributed by atoms with Crippen molar-refractivity contribution in [2.75, 3.05) is 5.73 Å². The van der Waals surface area contributed by atoms with Gasteiger partial charge in [0.1, 0.15) is 5.52 Å². The highest BCUT2D eigenvalue weighted by molar-refractivity contribution is 7.16. The van der Waals surface area contributed by atoms with E-state index >= 15 is 0 Å². The van der Waals surface area contributed by atoms with Crippen LogP contribution in [0.3, 0.4) is 0 Å². The first-order valence-electron chi connectivity index (χ1n) is 5.50. The largest absolute Gasteiger partial charge is 0.369 e. The second-order valence-corrected chi connectivity index (χ2v) is 5.75. The molecule has 0 spiro atoms. The highest BCUT2D eigenvalue weighted by atomic mass is 35.5. The van der Waals surface area contributed by atoms with Crippen molar-refractivity contribution in [2.24, 2.45) is 0 Å². The molecule has 0 bridgehead atoms. The lowest BCUT2D eigenvalue weighted by Gasteiger charge is -2.13. The first-order valence-corrected chi connectivity index (χ1v) is 6.70. The standard InChI is InChI=1S/C12H11ClN4S/c1-7(9-4-5-10(13)18-9)17-11-8(16-12(17)14)3-2-6-15-11/h2-7H,1H3,(H2,14,16). The molecule has 3 aromatic heterocycles. The number of halogens is 1. The minimum Gasteiger partial charge on any atom is -0.369 e. The van der Waals surface area contributed by atoms with Gasteiger partial charge in [-0.3, -0.25) is 4.57 Å². The molecule has 1 atom stereocenters. The summed E-state index contributed by atoms with van der Waals surface area (Å²) in [5, 5.41) is 0. The molecule has 18 heavy (non-hydrogen) atoms. The summed E-state index contributed by atoms with van der Waals surface area (Å²) in [7, 11) is 0. The Hall–Kier alpha value is -1.59. The van der Waals surface area contributed by atoms with E-state index in [1.165, 1.54) is 0 Å². The second-order valence-electron chi connectivity index (χ2n) is 4.00. The van der Waals surface area contributed by atoms with Gasteiger partial charge in [-0.05, 0) is 31.2 Å². The molecular weight excluding hydrogens is 268 g/mol. The van der Waals surface area contributed by atoms with Crippen LogP contribution in [0.1, 0.15) is 17.8 Å². The maximum absolute atomic E-state index is 5.98. The normalized spacial score (nSPS) is 13.0. The van der Waals surface area contributed by atoms with E-state index in [9.17, 15) is 0 Å². The molecule has 1 unspecified atom stereocenters. The fourth-order valence-corrected chi connectivity index (χ4v) is 3.11. The molecule has 0 saturated carbocycles. The fourth-order valence-electron chi connectivity index (χ4n) is 2.01.